The zero-order valence-corrected chi connectivity index (χ0v) is 17.4. The fraction of sp³-hybridized carbons (Fsp3) is 0.333. The summed E-state index contributed by atoms with van der Waals surface area (Å²) >= 11 is -0.0667. The number of ether oxygens (including phenoxy) is 1. The van der Waals surface area contributed by atoms with Crippen LogP contribution in [0.15, 0.2) is 54.6 Å². The second-order valence-corrected chi connectivity index (χ2v) is 15.0. The van der Waals surface area contributed by atoms with E-state index in [2.05, 4.69) is 74.2 Å². The van der Waals surface area contributed by atoms with Crippen LogP contribution in [0.5, 0.6) is 5.75 Å². The van der Waals surface area contributed by atoms with Gasteiger partial charge in [-0.05, 0) is 42.8 Å². The Hall–Kier alpha value is -0.523. The third-order valence-electron chi connectivity index (χ3n) is 3.10. The molecule has 0 saturated heterocycles. The van der Waals surface area contributed by atoms with E-state index in [0.717, 1.165) is 12.4 Å². The second-order valence-electron chi connectivity index (χ2n) is 6.36. The maximum Gasteiger partial charge on any atom is 0.357 e. The first kappa shape index (κ1) is 19.5. The molecular weight excluding hydrogens is 423 g/mol. The second kappa shape index (κ2) is 9.58. The Balaban J connectivity index is 0.00000242. The summed E-state index contributed by atoms with van der Waals surface area (Å²) < 4.78 is 8.74. The highest BCUT2D eigenvalue weighted by molar-refractivity contribution is 6.76. The summed E-state index contributed by atoms with van der Waals surface area (Å²) in [7, 11) is -0.923. The molecule has 0 atom stereocenters. The van der Waals surface area contributed by atoms with Gasteiger partial charge in [0.05, 0.1) is 6.61 Å². The van der Waals surface area contributed by atoms with Gasteiger partial charge in [0.25, 0.3) is 0 Å². The van der Waals surface area contributed by atoms with Crippen LogP contribution in [0.2, 0.25) is 25.7 Å². The zero-order valence-electron chi connectivity index (χ0n) is 13.5. The first-order valence-electron chi connectivity index (χ1n) is 7.46. The highest BCUT2D eigenvalue weighted by atomic mass is 127. The van der Waals surface area contributed by atoms with Gasteiger partial charge in [0.15, 0.2) is 7.14 Å². The molecule has 0 radical (unpaired) electrons. The Morgan fingerprint density at radius 2 is 1.45 bits per heavy atom. The van der Waals surface area contributed by atoms with Crippen molar-refractivity contribution < 1.29 is 38.3 Å². The summed E-state index contributed by atoms with van der Waals surface area (Å²) in [6.45, 7) is 8.08. The predicted octanol–water partition coefficient (Wildman–Crippen LogP) is -1.07. The van der Waals surface area contributed by atoms with Gasteiger partial charge in [-0.1, -0.05) is 43.9 Å². The molecule has 0 heterocycles. The summed E-state index contributed by atoms with van der Waals surface area (Å²) in [4.78, 5) is 0. The third-order valence-corrected chi connectivity index (χ3v) is 7.64. The quantitative estimate of drug-likeness (QED) is 0.299. The molecule has 1 nitrogen and oxygen atoms in total. The van der Waals surface area contributed by atoms with Crippen LogP contribution in [0.25, 0.3) is 0 Å². The van der Waals surface area contributed by atoms with Gasteiger partial charge >= 0.3 is 21.2 Å². The lowest BCUT2D eigenvalue weighted by Gasteiger charge is -2.15. The monoisotopic (exact) mass is 446 g/mol. The van der Waals surface area contributed by atoms with Crippen molar-refractivity contribution in [2.45, 2.75) is 32.1 Å². The van der Waals surface area contributed by atoms with Crippen LogP contribution in [0.1, 0.15) is 6.42 Å². The van der Waals surface area contributed by atoms with Crippen LogP contribution < -0.4 is 38.3 Å². The average molecular weight is 447 g/mol. The molecule has 0 aromatic heterocycles. The van der Waals surface area contributed by atoms with E-state index in [1.807, 2.05) is 0 Å². The molecule has 2 rings (SSSR count). The number of rotatable bonds is 7. The Labute approximate surface area is 152 Å². The van der Waals surface area contributed by atoms with E-state index in [9.17, 15) is 0 Å². The summed E-state index contributed by atoms with van der Waals surface area (Å²) in [6.07, 6.45) is 1.18. The van der Waals surface area contributed by atoms with Gasteiger partial charge in [-0.3, -0.25) is 0 Å². The van der Waals surface area contributed by atoms with Crippen LogP contribution in [-0.4, -0.2) is 14.7 Å². The molecule has 0 saturated carbocycles. The van der Waals surface area contributed by atoms with Gasteiger partial charge in [0.2, 0.25) is 0 Å². The SMILES string of the molecule is C[Si](C)(C)CCCOc1ccc([I+]c2ccccc2)cc1.[Cl-]. The Morgan fingerprint density at radius 3 is 2.05 bits per heavy atom. The van der Waals surface area contributed by atoms with Crippen LogP contribution in [0.4, 0.5) is 0 Å². The molecule has 0 amide bonds. The van der Waals surface area contributed by atoms with Crippen molar-refractivity contribution in [1.29, 1.82) is 0 Å². The molecule has 0 spiro atoms. The average Bonchev–Trinajstić information content (AvgIpc) is 2.45. The lowest BCUT2D eigenvalue weighted by atomic mass is 10.3. The molecule has 0 N–H and O–H groups in total. The minimum Gasteiger partial charge on any atom is -1.00 e. The van der Waals surface area contributed by atoms with Gasteiger partial charge in [-0.25, -0.2) is 0 Å². The molecule has 0 aliphatic heterocycles. The van der Waals surface area contributed by atoms with E-state index < -0.39 is 8.07 Å². The molecule has 0 bridgehead atoms. The van der Waals surface area contributed by atoms with Crippen molar-refractivity contribution in [3.8, 4) is 5.75 Å². The Morgan fingerprint density at radius 1 is 0.864 bits per heavy atom. The van der Waals surface area contributed by atoms with Crippen molar-refractivity contribution in [2.75, 3.05) is 6.61 Å². The summed E-state index contributed by atoms with van der Waals surface area (Å²) in [6, 6.07) is 20.7. The van der Waals surface area contributed by atoms with Crippen LogP contribution >= 0.6 is 0 Å². The van der Waals surface area contributed by atoms with Gasteiger partial charge < -0.3 is 17.1 Å². The molecule has 22 heavy (non-hydrogen) atoms. The Kier molecular flexibility index (Phi) is 8.50. The molecule has 0 fully saturated rings. The largest absolute Gasteiger partial charge is 1.00 e. The van der Waals surface area contributed by atoms with E-state index in [-0.39, 0.29) is 33.6 Å². The lowest BCUT2D eigenvalue weighted by molar-refractivity contribution is -0.597. The van der Waals surface area contributed by atoms with Gasteiger partial charge in [0, 0.05) is 8.07 Å². The van der Waals surface area contributed by atoms with E-state index in [0.29, 0.717) is 0 Å². The Bertz CT molecular complexity index is 537. The van der Waals surface area contributed by atoms with Crippen molar-refractivity contribution in [3.05, 3.63) is 61.7 Å². The normalized spacial score (nSPS) is 10.9. The molecule has 0 unspecified atom stereocenters. The fourth-order valence-electron chi connectivity index (χ4n) is 1.99. The minimum atomic E-state index is -0.923. The van der Waals surface area contributed by atoms with Crippen LogP contribution in [-0.2, 0) is 0 Å². The maximum atomic E-state index is 5.84. The predicted molar refractivity (Wildman–Crippen MR) is 88.5 cm³/mol. The highest BCUT2D eigenvalue weighted by Gasteiger charge is 2.15. The van der Waals surface area contributed by atoms with Crippen molar-refractivity contribution in [1.82, 2.24) is 0 Å². The van der Waals surface area contributed by atoms with Gasteiger partial charge in [-0.15, -0.1) is 0 Å². The van der Waals surface area contributed by atoms with Crippen molar-refractivity contribution in [2.24, 2.45) is 0 Å². The van der Waals surface area contributed by atoms with Gasteiger partial charge in [0.1, 0.15) is 5.75 Å². The maximum absolute atomic E-state index is 5.84. The van der Waals surface area contributed by atoms with E-state index in [1.165, 1.54) is 19.6 Å². The number of halogens is 2. The number of benzene rings is 2. The summed E-state index contributed by atoms with van der Waals surface area (Å²) in [5, 5.41) is 0. The van der Waals surface area contributed by atoms with Crippen LogP contribution in [0, 0.1) is 7.14 Å². The molecule has 0 aliphatic rings. The molecule has 2 aromatic rings. The topological polar surface area (TPSA) is 9.23 Å². The van der Waals surface area contributed by atoms with Gasteiger partial charge in [-0.2, -0.15) is 0 Å². The summed E-state index contributed by atoms with van der Waals surface area (Å²) in [5.74, 6) is 1.01. The first-order valence-corrected chi connectivity index (χ1v) is 13.3. The van der Waals surface area contributed by atoms with E-state index in [4.69, 9.17) is 4.74 Å². The third kappa shape index (κ3) is 7.65. The van der Waals surface area contributed by atoms with Crippen molar-refractivity contribution in [3.63, 3.8) is 0 Å². The standard InChI is InChI=1S/C18H24IOSi.ClH/c1-21(2,3)15-7-14-20-18-12-10-17(11-13-18)19-16-8-5-4-6-9-16;/h4-6,8-13H,7,14-15H2,1-3H3;1H/q+1;/p-1. The smallest absolute Gasteiger partial charge is 0.357 e. The van der Waals surface area contributed by atoms with E-state index >= 15 is 0 Å². The molecule has 0 aliphatic carbocycles. The molecule has 2 aromatic carbocycles. The number of hydrogen-bond acceptors (Lipinski definition) is 1. The molecular formula is C18H24ClIOSi. The molecule has 4 heteroatoms. The minimum absolute atomic E-state index is 0. The number of hydrogen-bond donors (Lipinski definition) is 0. The fourth-order valence-corrected chi connectivity index (χ4v) is 5.41. The van der Waals surface area contributed by atoms with Crippen LogP contribution in [0.3, 0.4) is 0 Å². The molecule has 120 valence electrons. The lowest BCUT2D eigenvalue weighted by Crippen LogP contribution is -3.61. The van der Waals surface area contributed by atoms with Crippen molar-refractivity contribution >= 4 is 8.07 Å². The van der Waals surface area contributed by atoms with E-state index in [1.54, 1.807) is 0 Å². The first-order chi connectivity index (χ1) is 10.0. The summed E-state index contributed by atoms with van der Waals surface area (Å²) in [5.41, 5.74) is 0. The highest BCUT2D eigenvalue weighted by Crippen LogP contribution is 2.13. The zero-order chi connectivity index (χ0) is 15.1.